The number of alkyl carbamates (subject to hydrolysis) is 1. The van der Waals surface area contributed by atoms with Crippen molar-refractivity contribution in [3.05, 3.63) is 59.7 Å². The summed E-state index contributed by atoms with van der Waals surface area (Å²) in [5.41, 5.74) is 4.62. The summed E-state index contributed by atoms with van der Waals surface area (Å²) in [6, 6.07) is 15.7. The average molecular weight is 379 g/mol. The molecule has 2 bridgehead atoms. The number of carboxylic acid groups (broad SMARTS) is 1. The van der Waals surface area contributed by atoms with Crippen LogP contribution in [0.4, 0.5) is 4.79 Å². The van der Waals surface area contributed by atoms with Crippen LogP contribution < -0.4 is 5.32 Å². The molecule has 0 radical (unpaired) electrons. The van der Waals surface area contributed by atoms with Gasteiger partial charge in [-0.3, -0.25) is 4.79 Å². The van der Waals surface area contributed by atoms with Gasteiger partial charge in [0.05, 0.1) is 18.2 Å². The van der Waals surface area contributed by atoms with Gasteiger partial charge < -0.3 is 19.9 Å². The Hall–Kier alpha value is -2.86. The van der Waals surface area contributed by atoms with Crippen molar-refractivity contribution in [2.75, 3.05) is 6.61 Å². The van der Waals surface area contributed by atoms with Gasteiger partial charge in [-0.15, -0.1) is 0 Å². The van der Waals surface area contributed by atoms with E-state index in [1.54, 1.807) is 0 Å². The maximum absolute atomic E-state index is 12.4. The highest BCUT2D eigenvalue weighted by Crippen LogP contribution is 2.44. The fraction of sp³-hybridized carbons (Fsp3) is 0.364. The van der Waals surface area contributed by atoms with Crippen LogP contribution in [0.3, 0.4) is 0 Å². The van der Waals surface area contributed by atoms with Crippen LogP contribution in [0, 0.1) is 5.92 Å². The number of carbonyl (C=O) groups excluding carboxylic acids is 1. The van der Waals surface area contributed by atoms with E-state index in [-0.39, 0.29) is 24.7 Å². The van der Waals surface area contributed by atoms with Crippen LogP contribution in [0.2, 0.25) is 0 Å². The fourth-order valence-electron chi connectivity index (χ4n) is 4.95. The van der Waals surface area contributed by atoms with Crippen LogP contribution >= 0.6 is 0 Å². The fourth-order valence-corrected chi connectivity index (χ4v) is 4.95. The molecule has 6 nitrogen and oxygen atoms in total. The molecule has 6 heteroatoms. The van der Waals surface area contributed by atoms with Gasteiger partial charge in [-0.1, -0.05) is 48.5 Å². The number of nitrogens with one attached hydrogen (secondary N) is 1. The summed E-state index contributed by atoms with van der Waals surface area (Å²) < 4.78 is 11.2. The molecular formula is C22H21NO5. The summed E-state index contributed by atoms with van der Waals surface area (Å²) in [4.78, 5) is 24.0. The Balaban J connectivity index is 1.29. The zero-order valence-corrected chi connectivity index (χ0v) is 15.2. The first-order chi connectivity index (χ1) is 13.6. The van der Waals surface area contributed by atoms with Gasteiger partial charge in [0.1, 0.15) is 12.5 Å². The average Bonchev–Trinajstić information content (AvgIpc) is 3.38. The Bertz CT molecular complexity index is 897. The smallest absolute Gasteiger partial charge is 0.407 e. The van der Waals surface area contributed by atoms with Crippen LogP contribution in [-0.4, -0.2) is 42.0 Å². The number of hydrogen-bond donors (Lipinski definition) is 2. The monoisotopic (exact) mass is 379 g/mol. The normalized spacial score (nSPS) is 27.3. The number of fused-ring (bicyclic) bond motifs is 5. The zero-order chi connectivity index (χ0) is 19.3. The summed E-state index contributed by atoms with van der Waals surface area (Å²) in [5, 5.41) is 12.2. The van der Waals surface area contributed by atoms with Gasteiger partial charge in [0.2, 0.25) is 0 Å². The number of ether oxygens (including phenoxy) is 2. The summed E-state index contributed by atoms with van der Waals surface area (Å²) in [7, 11) is 0. The Morgan fingerprint density at radius 1 is 1.00 bits per heavy atom. The topological polar surface area (TPSA) is 84.9 Å². The summed E-state index contributed by atoms with van der Waals surface area (Å²) >= 11 is 0. The molecule has 0 aromatic heterocycles. The molecule has 2 fully saturated rings. The van der Waals surface area contributed by atoms with Gasteiger partial charge in [-0.2, -0.15) is 0 Å². The molecule has 2 unspecified atom stereocenters. The summed E-state index contributed by atoms with van der Waals surface area (Å²) in [6.45, 7) is 0.208. The van der Waals surface area contributed by atoms with Crippen LogP contribution in [0.5, 0.6) is 0 Å². The molecule has 144 valence electrons. The molecule has 0 spiro atoms. The van der Waals surface area contributed by atoms with Crippen LogP contribution in [0.25, 0.3) is 11.1 Å². The first kappa shape index (κ1) is 17.3. The Morgan fingerprint density at radius 2 is 1.61 bits per heavy atom. The molecule has 1 aliphatic carbocycles. The highest BCUT2D eigenvalue weighted by molar-refractivity contribution is 5.79. The molecule has 2 saturated heterocycles. The minimum atomic E-state index is -0.934. The maximum atomic E-state index is 12.4. The molecule has 1 amide bonds. The van der Waals surface area contributed by atoms with Crippen molar-refractivity contribution < 1.29 is 24.2 Å². The second-order valence-corrected chi connectivity index (χ2v) is 7.65. The summed E-state index contributed by atoms with van der Waals surface area (Å²) in [6.07, 6.45) is 0.343. The predicted molar refractivity (Wildman–Crippen MR) is 101 cm³/mol. The number of hydrogen-bond acceptors (Lipinski definition) is 4. The Morgan fingerprint density at radius 3 is 2.25 bits per heavy atom. The van der Waals surface area contributed by atoms with E-state index in [0.29, 0.717) is 0 Å². The maximum Gasteiger partial charge on any atom is 0.407 e. The van der Waals surface area contributed by atoms with E-state index in [2.05, 4.69) is 29.6 Å². The Labute approximate surface area is 162 Å². The highest BCUT2D eigenvalue weighted by Gasteiger charge is 2.53. The summed E-state index contributed by atoms with van der Waals surface area (Å²) in [5.74, 6) is -1.67. The second kappa shape index (κ2) is 6.63. The number of rotatable bonds is 4. The molecule has 2 heterocycles. The third kappa shape index (κ3) is 2.67. The number of aliphatic carboxylic acids is 1. The molecule has 0 saturated carbocycles. The van der Waals surface area contributed by atoms with Crippen LogP contribution in [-0.2, 0) is 14.3 Å². The SMILES string of the molecule is O=C(N[C@H]1C2CCC(O2)[C@H]1C(=O)O)OCC1c2ccccc2-c2ccccc21. The molecule has 28 heavy (non-hydrogen) atoms. The lowest BCUT2D eigenvalue weighted by Crippen LogP contribution is -2.49. The second-order valence-electron chi connectivity index (χ2n) is 7.65. The molecule has 4 atom stereocenters. The number of benzene rings is 2. The largest absolute Gasteiger partial charge is 0.481 e. The molecular weight excluding hydrogens is 358 g/mol. The van der Waals surface area contributed by atoms with Gasteiger partial charge in [0, 0.05) is 5.92 Å². The highest BCUT2D eigenvalue weighted by atomic mass is 16.6. The predicted octanol–water partition coefficient (Wildman–Crippen LogP) is 3.16. The number of carboxylic acids is 1. The van der Waals surface area contributed by atoms with Crippen molar-refractivity contribution in [2.24, 2.45) is 5.92 Å². The van der Waals surface area contributed by atoms with Crippen molar-refractivity contribution in [1.29, 1.82) is 0 Å². The van der Waals surface area contributed by atoms with Crippen LogP contribution in [0.1, 0.15) is 29.9 Å². The number of carbonyl (C=O) groups is 2. The van der Waals surface area contributed by atoms with Crippen molar-refractivity contribution >= 4 is 12.1 Å². The van der Waals surface area contributed by atoms with Gasteiger partial charge in [0.15, 0.2) is 0 Å². The van der Waals surface area contributed by atoms with Gasteiger partial charge in [-0.05, 0) is 35.1 Å². The lowest BCUT2D eigenvalue weighted by molar-refractivity contribution is -0.144. The Kier molecular flexibility index (Phi) is 4.09. The lowest BCUT2D eigenvalue weighted by atomic mass is 9.84. The third-order valence-corrected chi connectivity index (χ3v) is 6.19. The van der Waals surface area contributed by atoms with E-state index in [4.69, 9.17) is 9.47 Å². The van der Waals surface area contributed by atoms with E-state index in [0.717, 1.165) is 24.0 Å². The lowest BCUT2D eigenvalue weighted by Gasteiger charge is -2.25. The first-order valence-electron chi connectivity index (χ1n) is 9.63. The van der Waals surface area contributed by atoms with Gasteiger partial charge in [0.25, 0.3) is 0 Å². The van der Waals surface area contributed by atoms with Crippen molar-refractivity contribution in [1.82, 2.24) is 5.32 Å². The molecule has 2 aromatic rings. The quantitative estimate of drug-likeness (QED) is 0.852. The van der Waals surface area contributed by atoms with Crippen molar-refractivity contribution in [3.8, 4) is 11.1 Å². The van der Waals surface area contributed by atoms with E-state index in [9.17, 15) is 14.7 Å². The zero-order valence-electron chi connectivity index (χ0n) is 15.2. The standard InChI is InChI=1S/C22H21NO5/c24-21(25)19-17-9-10-18(28-17)20(19)23-22(26)27-11-16-14-7-3-1-5-12(14)13-6-2-4-8-15(13)16/h1-8,16-20H,9-11H2,(H,23,26)(H,24,25)/t17?,18?,19-,20+/m1/s1. The molecule has 2 N–H and O–H groups in total. The minimum absolute atomic E-state index is 0.0234. The molecule has 2 aliphatic heterocycles. The third-order valence-electron chi connectivity index (χ3n) is 6.19. The van der Waals surface area contributed by atoms with Gasteiger partial charge >= 0.3 is 12.1 Å². The van der Waals surface area contributed by atoms with E-state index in [1.165, 1.54) is 11.1 Å². The van der Waals surface area contributed by atoms with E-state index >= 15 is 0 Å². The molecule has 2 aromatic carbocycles. The number of amides is 1. The molecule has 3 aliphatic rings. The first-order valence-corrected chi connectivity index (χ1v) is 9.63. The van der Waals surface area contributed by atoms with Crippen LogP contribution in [0.15, 0.2) is 48.5 Å². The van der Waals surface area contributed by atoms with E-state index < -0.39 is 24.0 Å². The van der Waals surface area contributed by atoms with Crippen molar-refractivity contribution in [3.63, 3.8) is 0 Å². The van der Waals surface area contributed by atoms with E-state index in [1.807, 2.05) is 24.3 Å². The minimum Gasteiger partial charge on any atom is -0.481 e. The van der Waals surface area contributed by atoms with Gasteiger partial charge in [-0.25, -0.2) is 4.79 Å². The molecule has 5 rings (SSSR count). The van der Waals surface area contributed by atoms with Crippen molar-refractivity contribution in [2.45, 2.75) is 37.0 Å².